The third kappa shape index (κ3) is 5.02. The zero-order valence-corrected chi connectivity index (χ0v) is 14.2. The molecule has 0 atom stereocenters. The molecule has 0 aromatic heterocycles. The van der Waals surface area contributed by atoms with Crippen LogP contribution in [0, 0.1) is 6.92 Å². The van der Waals surface area contributed by atoms with Crippen LogP contribution in [0.3, 0.4) is 0 Å². The molecule has 0 fully saturated rings. The average molecular weight is 340 g/mol. The van der Waals surface area contributed by atoms with E-state index in [-0.39, 0.29) is 31.0 Å². The summed E-state index contributed by atoms with van der Waals surface area (Å²) in [5.41, 5.74) is 0.738. The standard InChI is InChI=1S/C9H10F2O6S2.Na.H/c1-7-2-4-8(5-3-7)18(12,13)17-6-9(10,11)19(14,15)16;;/h2-5H,6H2,1H3,(H,14,15,16);;/q;+1;-1. The Balaban J connectivity index is 0. The fraction of sp³-hybridized carbons (Fsp3) is 0.333. The fourth-order valence-electron chi connectivity index (χ4n) is 0.994. The maximum absolute atomic E-state index is 12.8. The monoisotopic (exact) mass is 340 g/mol. The number of halogens is 2. The van der Waals surface area contributed by atoms with Crippen LogP contribution in [0.4, 0.5) is 8.78 Å². The molecule has 0 unspecified atom stereocenters. The van der Waals surface area contributed by atoms with Crippen molar-refractivity contribution in [2.75, 3.05) is 6.61 Å². The van der Waals surface area contributed by atoms with Gasteiger partial charge in [0.05, 0.1) is 4.90 Å². The summed E-state index contributed by atoms with van der Waals surface area (Å²) in [6, 6.07) is 5.07. The molecule has 0 radical (unpaired) electrons. The van der Waals surface area contributed by atoms with Gasteiger partial charge in [0.25, 0.3) is 10.1 Å². The van der Waals surface area contributed by atoms with Gasteiger partial charge in [0.2, 0.25) is 0 Å². The Morgan fingerprint density at radius 3 is 2.05 bits per heavy atom. The Kier molecular flexibility index (Phi) is 6.74. The third-order valence-electron chi connectivity index (χ3n) is 2.07. The van der Waals surface area contributed by atoms with Gasteiger partial charge in [-0.2, -0.15) is 25.6 Å². The Morgan fingerprint density at radius 1 is 1.20 bits per heavy atom. The zero-order valence-electron chi connectivity index (χ0n) is 11.6. The first-order valence-electron chi connectivity index (χ1n) is 4.77. The van der Waals surface area contributed by atoms with Crippen molar-refractivity contribution in [2.45, 2.75) is 17.1 Å². The quantitative estimate of drug-likeness (QED) is 0.390. The number of benzene rings is 1. The van der Waals surface area contributed by atoms with Crippen molar-refractivity contribution < 1.29 is 65.3 Å². The van der Waals surface area contributed by atoms with Crippen LogP contribution in [-0.2, 0) is 24.4 Å². The Hall–Kier alpha value is -0.100. The molecular formula is C9H11F2NaO6S2. The molecule has 1 aromatic carbocycles. The molecule has 0 saturated heterocycles. The van der Waals surface area contributed by atoms with Crippen molar-refractivity contribution in [3.05, 3.63) is 29.8 Å². The largest absolute Gasteiger partial charge is 1.00 e. The number of hydrogen-bond donors (Lipinski definition) is 1. The van der Waals surface area contributed by atoms with E-state index in [0.717, 1.165) is 17.7 Å². The maximum Gasteiger partial charge on any atom is 1.00 e. The molecule has 0 spiro atoms. The van der Waals surface area contributed by atoms with Crippen LogP contribution >= 0.6 is 0 Å². The van der Waals surface area contributed by atoms with Gasteiger partial charge in [0, 0.05) is 0 Å². The first-order chi connectivity index (χ1) is 8.46. The second kappa shape index (κ2) is 6.77. The summed E-state index contributed by atoms with van der Waals surface area (Å²) >= 11 is 0. The summed E-state index contributed by atoms with van der Waals surface area (Å²) in [5, 5.41) is -4.70. The molecule has 0 saturated carbocycles. The van der Waals surface area contributed by atoms with Gasteiger partial charge in [-0.05, 0) is 19.1 Å². The predicted molar refractivity (Wildman–Crippen MR) is 61.9 cm³/mol. The average Bonchev–Trinajstić information content (AvgIpc) is 2.26. The van der Waals surface area contributed by atoms with Gasteiger partial charge in [-0.3, -0.25) is 8.74 Å². The molecule has 0 aliphatic heterocycles. The summed E-state index contributed by atoms with van der Waals surface area (Å²) in [4.78, 5) is -0.399. The van der Waals surface area contributed by atoms with Gasteiger partial charge in [0.1, 0.15) is 6.61 Å². The minimum absolute atomic E-state index is 0. The van der Waals surface area contributed by atoms with E-state index in [0.29, 0.717) is 0 Å². The number of rotatable bonds is 5. The van der Waals surface area contributed by atoms with Gasteiger partial charge >= 0.3 is 44.9 Å². The van der Waals surface area contributed by atoms with E-state index in [1.54, 1.807) is 6.92 Å². The minimum atomic E-state index is -5.74. The van der Waals surface area contributed by atoms with E-state index in [4.69, 9.17) is 4.55 Å². The summed E-state index contributed by atoms with van der Waals surface area (Å²) < 4.78 is 81.3. The molecule has 1 aromatic rings. The van der Waals surface area contributed by atoms with Crippen molar-refractivity contribution in [1.82, 2.24) is 0 Å². The van der Waals surface area contributed by atoms with E-state index in [1.807, 2.05) is 0 Å². The Morgan fingerprint density at radius 2 is 1.65 bits per heavy atom. The number of aryl methyl sites for hydroxylation is 1. The van der Waals surface area contributed by atoms with Crippen LogP contribution in [0.25, 0.3) is 0 Å². The van der Waals surface area contributed by atoms with Crippen LogP contribution in [-0.4, -0.2) is 33.2 Å². The van der Waals surface area contributed by atoms with E-state index in [9.17, 15) is 25.6 Å². The molecule has 1 N–H and O–H groups in total. The summed E-state index contributed by atoms with van der Waals surface area (Å²) in [6.07, 6.45) is 0. The van der Waals surface area contributed by atoms with Crippen molar-refractivity contribution in [2.24, 2.45) is 0 Å². The van der Waals surface area contributed by atoms with Gasteiger partial charge in [0.15, 0.2) is 0 Å². The zero-order chi connectivity index (χ0) is 14.9. The van der Waals surface area contributed by atoms with Crippen LogP contribution in [0.2, 0.25) is 0 Å². The van der Waals surface area contributed by atoms with Gasteiger partial charge in [-0.15, -0.1) is 0 Å². The third-order valence-corrected chi connectivity index (χ3v) is 4.22. The predicted octanol–water partition coefficient (Wildman–Crippen LogP) is -1.70. The fourth-order valence-corrected chi connectivity index (χ4v) is 2.18. The normalized spacial score (nSPS) is 12.8. The van der Waals surface area contributed by atoms with Gasteiger partial charge in [-0.1, -0.05) is 17.7 Å². The summed E-state index contributed by atoms with van der Waals surface area (Å²) in [6.45, 7) is -0.314. The molecule has 0 bridgehead atoms. The van der Waals surface area contributed by atoms with Crippen LogP contribution < -0.4 is 29.6 Å². The molecule has 11 heteroatoms. The molecule has 0 aliphatic carbocycles. The molecule has 0 heterocycles. The van der Waals surface area contributed by atoms with Crippen LogP contribution in [0.5, 0.6) is 0 Å². The molecule has 6 nitrogen and oxygen atoms in total. The van der Waals surface area contributed by atoms with Gasteiger partial charge < -0.3 is 1.43 Å². The Bertz CT molecular complexity index is 660. The van der Waals surface area contributed by atoms with E-state index >= 15 is 0 Å². The van der Waals surface area contributed by atoms with Crippen molar-refractivity contribution in [3.8, 4) is 0 Å². The minimum Gasteiger partial charge on any atom is -1.00 e. The van der Waals surface area contributed by atoms with E-state index in [1.165, 1.54) is 12.1 Å². The number of hydrogen-bond acceptors (Lipinski definition) is 5. The number of alkyl halides is 2. The smallest absolute Gasteiger partial charge is 1.00 e. The van der Waals surface area contributed by atoms with Crippen molar-refractivity contribution in [3.63, 3.8) is 0 Å². The Labute approximate surface area is 138 Å². The van der Waals surface area contributed by atoms with E-state index < -0.39 is 37.0 Å². The molecule has 1 rings (SSSR count). The summed E-state index contributed by atoms with van der Waals surface area (Å²) in [7, 11) is -10.3. The van der Waals surface area contributed by atoms with Crippen molar-refractivity contribution >= 4 is 20.2 Å². The molecule has 110 valence electrons. The van der Waals surface area contributed by atoms with E-state index in [2.05, 4.69) is 4.18 Å². The molecular weight excluding hydrogens is 329 g/mol. The first kappa shape index (κ1) is 19.9. The molecule has 0 aliphatic rings. The van der Waals surface area contributed by atoms with Crippen LogP contribution in [0.15, 0.2) is 29.2 Å². The topological polar surface area (TPSA) is 97.7 Å². The SMILES string of the molecule is Cc1ccc(S(=O)(=O)OCC(F)(F)S(=O)(=O)O)cc1.[H-].[Na+]. The van der Waals surface area contributed by atoms with Gasteiger partial charge in [-0.25, -0.2) is 0 Å². The molecule has 20 heavy (non-hydrogen) atoms. The maximum atomic E-state index is 12.8. The molecule has 0 amide bonds. The first-order valence-corrected chi connectivity index (χ1v) is 7.61. The second-order valence-electron chi connectivity index (χ2n) is 3.64. The second-order valence-corrected chi connectivity index (χ2v) is 6.80. The summed E-state index contributed by atoms with van der Waals surface area (Å²) in [5.74, 6) is 0. The van der Waals surface area contributed by atoms with Crippen molar-refractivity contribution in [1.29, 1.82) is 0 Å². The van der Waals surface area contributed by atoms with Crippen LogP contribution in [0.1, 0.15) is 6.99 Å².